The maximum absolute atomic E-state index is 12.0. The Morgan fingerprint density at radius 2 is 1.93 bits per heavy atom. The van der Waals surface area contributed by atoms with Crippen LogP contribution in [0.4, 0.5) is 4.79 Å². The number of alkyl carbamates (subject to hydrolysis) is 1. The zero-order valence-corrected chi connectivity index (χ0v) is 16.3. The molecule has 1 heterocycles. The Hall–Kier alpha value is -2.90. The van der Waals surface area contributed by atoms with Crippen molar-refractivity contribution >= 4 is 12.0 Å². The van der Waals surface area contributed by atoms with Crippen molar-refractivity contribution in [1.82, 2.24) is 20.5 Å². The van der Waals surface area contributed by atoms with Gasteiger partial charge in [0, 0.05) is 6.42 Å². The highest BCUT2D eigenvalue weighted by Gasteiger charge is 2.21. The van der Waals surface area contributed by atoms with Gasteiger partial charge in [0.05, 0.1) is 13.0 Å². The summed E-state index contributed by atoms with van der Waals surface area (Å²) in [7, 11) is 0. The number of rotatable bonds is 12. The number of unbranched alkanes of at least 4 members (excludes halogenated alkanes) is 3. The molecule has 0 unspecified atom stereocenters. The number of hydrogen-bond donors (Lipinski definition) is 3. The summed E-state index contributed by atoms with van der Waals surface area (Å²) in [6.07, 6.45) is 4.85. The second-order valence-corrected chi connectivity index (χ2v) is 6.71. The third kappa shape index (κ3) is 7.77. The number of primary amides is 1. The Balaban J connectivity index is 1.88. The van der Waals surface area contributed by atoms with E-state index in [1.165, 1.54) is 5.56 Å². The van der Waals surface area contributed by atoms with Gasteiger partial charge in [-0.05, 0) is 18.4 Å². The molecule has 28 heavy (non-hydrogen) atoms. The van der Waals surface area contributed by atoms with Crippen LogP contribution in [0, 0.1) is 0 Å². The Morgan fingerprint density at radius 1 is 1.14 bits per heavy atom. The number of amides is 2. The van der Waals surface area contributed by atoms with Gasteiger partial charge in [-0.2, -0.15) is 0 Å². The van der Waals surface area contributed by atoms with Gasteiger partial charge >= 0.3 is 6.09 Å². The fourth-order valence-corrected chi connectivity index (χ4v) is 2.78. The van der Waals surface area contributed by atoms with Crippen LogP contribution in [0.25, 0.3) is 0 Å². The summed E-state index contributed by atoms with van der Waals surface area (Å²) in [4.78, 5) is 26.5. The summed E-state index contributed by atoms with van der Waals surface area (Å²) in [5, 5.41) is 10.8. The third-order valence-electron chi connectivity index (χ3n) is 4.30. The van der Waals surface area contributed by atoms with Crippen molar-refractivity contribution in [3.05, 3.63) is 47.5 Å². The van der Waals surface area contributed by atoms with E-state index < -0.39 is 18.0 Å². The van der Waals surface area contributed by atoms with Gasteiger partial charge in [-0.15, -0.1) is 10.2 Å². The summed E-state index contributed by atoms with van der Waals surface area (Å²) in [5.74, 6) is 0.531. The zero-order valence-electron chi connectivity index (χ0n) is 16.3. The summed E-state index contributed by atoms with van der Waals surface area (Å²) >= 11 is 0. The zero-order chi connectivity index (χ0) is 20.2. The lowest BCUT2D eigenvalue weighted by Gasteiger charge is -2.14. The average Bonchev–Trinajstić information content (AvgIpc) is 3.15. The highest BCUT2D eigenvalue weighted by molar-refractivity contribution is 5.76. The van der Waals surface area contributed by atoms with Crippen LogP contribution in [0.2, 0.25) is 0 Å². The van der Waals surface area contributed by atoms with E-state index in [9.17, 15) is 9.59 Å². The Morgan fingerprint density at radius 3 is 2.64 bits per heavy atom. The molecule has 8 nitrogen and oxygen atoms in total. The molecule has 0 saturated heterocycles. The highest BCUT2D eigenvalue weighted by atomic mass is 16.5. The molecule has 1 aromatic carbocycles. The first kappa shape index (κ1) is 21.4. The Kier molecular flexibility index (Phi) is 8.97. The highest BCUT2D eigenvalue weighted by Crippen LogP contribution is 2.13. The molecule has 152 valence electrons. The number of hydrogen-bond acceptors (Lipinski definition) is 5. The summed E-state index contributed by atoms with van der Waals surface area (Å²) in [5.41, 5.74) is 6.50. The van der Waals surface area contributed by atoms with Gasteiger partial charge < -0.3 is 20.8 Å². The number of aryl methyl sites for hydroxylation is 2. The summed E-state index contributed by atoms with van der Waals surface area (Å²) in [6.45, 7) is 2.46. The first-order valence-electron chi connectivity index (χ1n) is 9.75. The minimum Gasteiger partial charge on any atom is -0.450 e. The molecule has 0 aliphatic rings. The normalized spacial score (nSPS) is 11.8. The van der Waals surface area contributed by atoms with Gasteiger partial charge in [0.15, 0.2) is 5.82 Å². The predicted molar refractivity (Wildman–Crippen MR) is 105 cm³/mol. The number of ether oxygens (including phenoxy) is 1. The topological polar surface area (TPSA) is 123 Å². The van der Waals surface area contributed by atoms with Crippen molar-refractivity contribution in [2.24, 2.45) is 5.73 Å². The van der Waals surface area contributed by atoms with Crippen LogP contribution in [0.1, 0.15) is 62.3 Å². The molecule has 2 amide bonds. The maximum atomic E-state index is 12.0. The predicted octanol–water partition coefficient (Wildman–Crippen LogP) is 2.81. The van der Waals surface area contributed by atoms with Crippen LogP contribution in [-0.4, -0.2) is 33.8 Å². The number of aromatic nitrogens is 3. The fraction of sp³-hybridized carbons (Fsp3) is 0.500. The van der Waals surface area contributed by atoms with E-state index in [1.54, 1.807) is 0 Å². The van der Waals surface area contributed by atoms with Crippen LogP contribution < -0.4 is 11.1 Å². The number of nitrogens with two attached hydrogens (primary N) is 1. The molecular weight excluding hydrogens is 358 g/mol. The molecular formula is C20H29N5O3. The first-order chi connectivity index (χ1) is 13.6. The standard InChI is InChI=1S/C20H29N5O3/c1-2-3-4-8-13-28-20(27)22-16(14-17(21)26)19-23-18(24-25-19)12-11-15-9-6-5-7-10-15/h5-7,9-10,16H,2-4,8,11-14H2,1H3,(H2,21,26)(H,22,27)(H,23,24,25)/t16-/m1/s1. The molecule has 0 aliphatic carbocycles. The van der Waals surface area contributed by atoms with E-state index in [0.717, 1.165) is 32.1 Å². The fourth-order valence-electron chi connectivity index (χ4n) is 2.78. The lowest BCUT2D eigenvalue weighted by molar-refractivity contribution is -0.118. The molecule has 8 heteroatoms. The van der Waals surface area contributed by atoms with Crippen molar-refractivity contribution in [3.8, 4) is 0 Å². The maximum Gasteiger partial charge on any atom is 0.407 e. The van der Waals surface area contributed by atoms with Crippen molar-refractivity contribution < 1.29 is 14.3 Å². The van der Waals surface area contributed by atoms with Gasteiger partial charge in [0.1, 0.15) is 11.9 Å². The minimum absolute atomic E-state index is 0.0851. The largest absolute Gasteiger partial charge is 0.450 e. The van der Waals surface area contributed by atoms with Crippen molar-refractivity contribution in [2.45, 2.75) is 57.9 Å². The smallest absolute Gasteiger partial charge is 0.407 e. The second-order valence-electron chi connectivity index (χ2n) is 6.71. The number of benzene rings is 1. The molecule has 0 radical (unpaired) electrons. The Labute approximate surface area is 165 Å². The van der Waals surface area contributed by atoms with E-state index in [0.29, 0.717) is 24.7 Å². The molecule has 4 N–H and O–H groups in total. The number of H-pyrrole nitrogens is 1. The van der Waals surface area contributed by atoms with E-state index in [-0.39, 0.29) is 6.42 Å². The quantitative estimate of drug-likeness (QED) is 0.483. The van der Waals surface area contributed by atoms with Crippen LogP contribution in [-0.2, 0) is 22.4 Å². The molecule has 2 aromatic rings. The van der Waals surface area contributed by atoms with Crippen LogP contribution in [0.3, 0.4) is 0 Å². The molecule has 0 aliphatic heterocycles. The van der Waals surface area contributed by atoms with E-state index in [2.05, 4.69) is 27.4 Å². The van der Waals surface area contributed by atoms with Gasteiger partial charge in [-0.1, -0.05) is 56.5 Å². The SMILES string of the molecule is CCCCCCOC(=O)N[C@H](CC(N)=O)c1nnc(CCc2ccccc2)[nH]1. The van der Waals surface area contributed by atoms with Crippen LogP contribution in [0.5, 0.6) is 0 Å². The molecule has 0 bridgehead atoms. The lowest BCUT2D eigenvalue weighted by atomic mass is 10.1. The molecule has 2 rings (SSSR count). The van der Waals surface area contributed by atoms with Gasteiger partial charge in [0.25, 0.3) is 0 Å². The average molecular weight is 387 g/mol. The first-order valence-corrected chi connectivity index (χ1v) is 9.75. The number of nitrogens with zero attached hydrogens (tertiary/aromatic N) is 2. The number of nitrogens with one attached hydrogen (secondary N) is 2. The second kappa shape index (κ2) is 11.7. The van der Waals surface area contributed by atoms with Gasteiger partial charge in [0.2, 0.25) is 5.91 Å². The van der Waals surface area contributed by atoms with E-state index in [4.69, 9.17) is 10.5 Å². The van der Waals surface area contributed by atoms with Gasteiger partial charge in [-0.3, -0.25) is 4.79 Å². The molecule has 0 saturated carbocycles. The number of carbonyl (C=O) groups is 2. The molecule has 1 aromatic heterocycles. The molecule has 0 fully saturated rings. The van der Waals surface area contributed by atoms with Gasteiger partial charge in [-0.25, -0.2) is 4.79 Å². The molecule has 0 spiro atoms. The van der Waals surface area contributed by atoms with Crippen molar-refractivity contribution in [2.75, 3.05) is 6.61 Å². The third-order valence-corrected chi connectivity index (χ3v) is 4.30. The van der Waals surface area contributed by atoms with E-state index in [1.807, 2.05) is 30.3 Å². The van der Waals surface area contributed by atoms with Crippen molar-refractivity contribution in [1.29, 1.82) is 0 Å². The summed E-state index contributed by atoms with van der Waals surface area (Å²) in [6, 6.07) is 9.35. The van der Waals surface area contributed by atoms with Crippen molar-refractivity contribution in [3.63, 3.8) is 0 Å². The lowest BCUT2D eigenvalue weighted by Crippen LogP contribution is -2.33. The number of aromatic amines is 1. The van der Waals surface area contributed by atoms with Crippen LogP contribution in [0.15, 0.2) is 30.3 Å². The minimum atomic E-state index is -0.696. The summed E-state index contributed by atoms with van der Waals surface area (Å²) < 4.78 is 5.17. The Bertz CT molecular complexity index is 732. The van der Waals surface area contributed by atoms with E-state index >= 15 is 0 Å². The monoisotopic (exact) mass is 387 g/mol. The number of carbonyl (C=O) groups excluding carboxylic acids is 2. The molecule has 1 atom stereocenters. The van der Waals surface area contributed by atoms with Crippen LogP contribution >= 0.6 is 0 Å².